The van der Waals surface area contributed by atoms with Gasteiger partial charge in [0, 0.05) is 0 Å². The molecule has 1 N–H and O–H groups in total. The van der Waals surface area contributed by atoms with Crippen LogP contribution in [0.3, 0.4) is 0 Å². The van der Waals surface area contributed by atoms with Gasteiger partial charge in [-0.15, -0.1) is 0 Å². The molecule has 0 aliphatic heterocycles. The fourth-order valence-electron chi connectivity index (χ4n) is 3.89. The van der Waals surface area contributed by atoms with Gasteiger partial charge in [0.25, 0.3) is 0 Å². The summed E-state index contributed by atoms with van der Waals surface area (Å²) in [5.41, 5.74) is 0. The minimum atomic E-state index is -2.06. The van der Waals surface area contributed by atoms with E-state index in [-0.39, 0.29) is 23.6 Å². The van der Waals surface area contributed by atoms with Gasteiger partial charge in [0.2, 0.25) is 0 Å². The van der Waals surface area contributed by atoms with Gasteiger partial charge in [0.05, 0.1) is 0 Å². The number of aliphatic hydroxyl groups excluding tert-OH is 1. The van der Waals surface area contributed by atoms with Gasteiger partial charge < -0.3 is 26.8 Å². The highest BCUT2D eigenvalue weighted by Gasteiger charge is 2.46. The van der Waals surface area contributed by atoms with Crippen molar-refractivity contribution in [3.8, 4) is 5.75 Å². The van der Waals surface area contributed by atoms with Crippen LogP contribution in [-0.2, 0) is 0 Å². The van der Waals surface area contributed by atoms with Crippen LogP contribution in [0.15, 0.2) is 121 Å². The fraction of sp³-hybridized carbons (Fsp3) is 0.111. The Hall–Kier alpha value is -2.45. The molecule has 0 spiro atoms. The number of para-hydroxylation sites is 1. The maximum absolute atomic E-state index is 11.1. The molecular formula is C27H26BrO2P. The average molecular weight is 493 g/mol. The van der Waals surface area contributed by atoms with E-state index in [1.54, 1.807) is 0 Å². The number of rotatable bonds is 8. The molecule has 0 heterocycles. The average Bonchev–Trinajstić information content (AvgIpc) is 2.83. The maximum atomic E-state index is 11.1. The smallest absolute Gasteiger partial charge is 0.123 e. The predicted molar refractivity (Wildman–Crippen MR) is 128 cm³/mol. The highest BCUT2D eigenvalue weighted by molar-refractivity contribution is 7.95. The zero-order valence-electron chi connectivity index (χ0n) is 17.2. The summed E-state index contributed by atoms with van der Waals surface area (Å²) in [6, 6.07) is 41.5. The van der Waals surface area contributed by atoms with Crippen molar-refractivity contribution in [1.82, 2.24) is 0 Å². The van der Waals surface area contributed by atoms with E-state index in [2.05, 4.69) is 72.8 Å². The van der Waals surface area contributed by atoms with Crippen molar-refractivity contribution in [3.63, 3.8) is 0 Å². The second-order valence-corrected chi connectivity index (χ2v) is 10.8. The lowest BCUT2D eigenvalue weighted by Gasteiger charge is -2.29. The summed E-state index contributed by atoms with van der Waals surface area (Å²) < 4.78 is 5.89. The first-order valence-corrected chi connectivity index (χ1v) is 12.2. The summed E-state index contributed by atoms with van der Waals surface area (Å²) in [5.74, 6) is 0.777. The van der Waals surface area contributed by atoms with Gasteiger partial charge in [0.1, 0.15) is 47.8 Å². The number of halogens is 1. The Balaban J connectivity index is 0.00000272. The van der Waals surface area contributed by atoms with Gasteiger partial charge >= 0.3 is 0 Å². The first kappa shape index (κ1) is 23.2. The molecule has 4 aromatic carbocycles. The lowest BCUT2D eigenvalue weighted by molar-refractivity contribution is -0.00000775. The summed E-state index contributed by atoms with van der Waals surface area (Å²) in [6.45, 7) is 0.262. The van der Waals surface area contributed by atoms with Gasteiger partial charge in [-0.2, -0.15) is 0 Å². The highest BCUT2D eigenvalue weighted by atomic mass is 79.9. The normalized spacial score (nSPS) is 11.9. The molecule has 0 aliphatic carbocycles. The van der Waals surface area contributed by atoms with Gasteiger partial charge in [-0.05, 0) is 48.5 Å². The highest BCUT2D eigenvalue weighted by Crippen LogP contribution is 2.55. The molecule has 0 amide bonds. The zero-order chi connectivity index (χ0) is 20.7. The van der Waals surface area contributed by atoms with Crippen molar-refractivity contribution in [1.29, 1.82) is 0 Å². The van der Waals surface area contributed by atoms with Gasteiger partial charge in [-0.1, -0.05) is 72.8 Å². The van der Waals surface area contributed by atoms with Crippen LogP contribution in [0.4, 0.5) is 0 Å². The molecule has 4 rings (SSSR count). The Labute approximate surface area is 195 Å². The minimum absolute atomic E-state index is 0. The number of benzene rings is 4. The Kier molecular flexibility index (Phi) is 8.43. The summed E-state index contributed by atoms with van der Waals surface area (Å²) in [5, 5.41) is 14.9. The van der Waals surface area contributed by atoms with Crippen molar-refractivity contribution < 1.29 is 26.8 Å². The molecule has 0 saturated heterocycles. The summed E-state index contributed by atoms with van der Waals surface area (Å²) in [6.07, 6.45) is 0.0249. The van der Waals surface area contributed by atoms with Gasteiger partial charge in [-0.25, -0.2) is 0 Å². The van der Waals surface area contributed by atoms with Gasteiger partial charge in [0.15, 0.2) is 0 Å². The Morgan fingerprint density at radius 3 is 1.32 bits per heavy atom. The van der Waals surface area contributed by atoms with E-state index in [0.717, 1.165) is 5.75 Å². The van der Waals surface area contributed by atoms with E-state index in [9.17, 15) is 5.11 Å². The van der Waals surface area contributed by atoms with Crippen LogP contribution in [0.1, 0.15) is 0 Å². The van der Waals surface area contributed by atoms with E-state index < -0.39 is 13.4 Å². The van der Waals surface area contributed by atoms with Crippen molar-refractivity contribution in [2.24, 2.45) is 0 Å². The molecule has 31 heavy (non-hydrogen) atoms. The maximum Gasteiger partial charge on any atom is 0.123 e. The molecule has 158 valence electrons. The predicted octanol–water partition coefficient (Wildman–Crippen LogP) is 1.42. The first-order chi connectivity index (χ1) is 14.8. The Bertz CT molecular complexity index is 931. The molecule has 0 radical (unpaired) electrons. The third kappa shape index (κ3) is 5.43. The van der Waals surface area contributed by atoms with Crippen molar-refractivity contribution in [2.45, 2.75) is 6.10 Å². The SMILES string of the molecule is OC(COc1ccccc1)C[P+](c1ccccc1)(c1ccccc1)c1ccccc1.[Br-]. The zero-order valence-corrected chi connectivity index (χ0v) is 19.7. The second kappa shape index (κ2) is 11.2. The summed E-state index contributed by atoms with van der Waals surface area (Å²) in [4.78, 5) is 0. The minimum Gasteiger partial charge on any atom is -1.00 e. The van der Waals surface area contributed by atoms with Crippen LogP contribution in [0, 0.1) is 0 Å². The molecule has 0 aliphatic rings. The molecule has 0 bridgehead atoms. The van der Waals surface area contributed by atoms with Crippen LogP contribution in [-0.4, -0.2) is 24.0 Å². The molecular weight excluding hydrogens is 467 g/mol. The standard InChI is InChI=1S/C27H26O2P.BrH/c28-23(21-29-24-13-5-1-6-14-24)22-30(25-15-7-2-8-16-25,26-17-9-3-10-18-26)27-19-11-4-12-20-27;/h1-20,23,28H,21-22H2;1H/q+1;/p-1. The fourth-order valence-corrected chi connectivity index (χ4v) is 8.20. The summed E-state index contributed by atoms with van der Waals surface area (Å²) >= 11 is 0. The lowest BCUT2D eigenvalue weighted by atomic mass is 10.3. The van der Waals surface area contributed by atoms with Crippen LogP contribution >= 0.6 is 7.26 Å². The molecule has 0 aromatic heterocycles. The second-order valence-electron chi connectivity index (χ2n) is 7.28. The molecule has 1 unspecified atom stereocenters. The van der Waals surface area contributed by atoms with E-state index in [0.29, 0.717) is 6.16 Å². The molecule has 1 atom stereocenters. The van der Waals surface area contributed by atoms with Crippen LogP contribution in [0.2, 0.25) is 0 Å². The number of hydrogen-bond donors (Lipinski definition) is 1. The Morgan fingerprint density at radius 2 is 0.935 bits per heavy atom. The number of hydrogen-bond acceptors (Lipinski definition) is 2. The quantitative estimate of drug-likeness (QED) is 0.377. The monoisotopic (exact) mass is 492 g/mol. The molecule has 0 saturated carbocycles. The summed E-state index contributed by atoms with van der Waals surface area (Å²) in [7, 11) is -2.06. The topological polar surface area (TPSA) is 29.5 Å². The Morgan fingerprint density at radius 1 is 0.581 bits per heavy atom. The van der Waals surface area contributed by atoms with Gasteiger partial charge in [-0.3, -0.25) is 0 Å². The number of aliphatic hydroxyl groups is 1. The van der Waals surface area contributed by atoms with Crippen LogP contribution in [0.25, 0.3) is 0 Å². The van der Waals surface area contributed by atoms with Crippen LogP contribution < -0.4 is 37.6 Å². The van der Waals surface area contributed by atoms with Crippen molar-refractivity contribution in [2.75, 3.05) is 12.8 Å². The van der Waals surface area contributed by atoms with Crippen molar-refractivity contribution >= 4 is 23.2 Å². The molecule has 4 heteroatoms. The van der Waals surface area contributed by atoms with E-state index in [1.807, 2.05) is 48.5 Å². The number of ether oxygens (including phenoxy) is 1. The van der Waals surface area contributed by atoms with Crippen molar-refractivity contribution in [3.05, 3.63) is 121 Å². The van der Waals surface area contributed by atoms with E-state index in [4.69, 9.17) is 4.74 Å². The third-order valence-corrected chi connectivity index (χ3v) is 9.77. The largest absolute Gasteiger partial charge is 1.00 e. The van der Waals surface area contributed by atoms with E-state index in [1.165, 1.54) is 15.9 Å². The first-order valence-electron chi connectivity index (χ1n) is 10.2. The molecule has 4 aromatic rings. The lowest BCUT2D eigenvalue weighted by Crippen LogP contribution is -3.00. The third-order valence-electron chi connectivity index (χ3n) is 5.26. The van der Waals surface area contributed by atoms with E-state index >= 15 is 0 Å². The molecule has 2 nitrogen and oxygen atoms in total. The molecule has 0 fully saturated rings. The van der Waals surface area contributed by atoms with Crippen LogP contribution in [0.5, 0.6) is 5.75 Å².